The molecular formula is C12H19NO. The van der Waals surface area contributed by atoms with Crippen LogP contribution in [0.25, 0.3) is 0 Å². The first kappa shape index (κ1) is 11.0. The maximum Gasteiger partial charge on any atom is 0.188 e. The van der Waals surface area contributed by atoms with Crippen molar-refractivity contribution in [3.05, 3.63) is 33.2 Å². The van der Waals surface area contributed by atoms with E-state index >= 15 is 0 Å². The molecule has 0 saturated carbocycles. The van der Waals surface area contributed by atoms with Gasteiger partial charge in [0.25, 0.3) is 0 Å². The molecule has 0 aliphatic rings. The zero-order chi connectivity index (χ0) is 10.9. The van der Waals surface area contributed by atoms with E-state index in [9.17, 15) is 4.79 Å². The summed E-state index contributed by atoms with van der Waals surface area (Å²) in [5.41, 5.74) is 3.02. The molecule has 2 nitrogen and oxygen atoms in total. The number of hydrogen-bond donors (Lipinski definition) is 1. The normalized spacial score (nSPS) is 11.4. The van der Waals surface area contributed by atoms with Crippen LogP contribution in [0.3, 0.4) is 0 Å². The van der Waals surface area contributed by atoms with E-state index in [1.54, 1.807) is 0 Å². The third-order valence-corrected chi connectivity index (χ3v) is 2.49. The molecule has 0 amide bonds. The maximum absolute atomic E-state index is 11.9. The Labute approximate surface area is 85.4 Å². The van der Waals surface area contributed by atoms with Crippen molar-refractivity contribution in [1.82, 2.24) is 4.98 Å². The number of hydrogen-bond acceptors (Lipinski definition) is 1. The van der Waals surface area contributed by atoms with E-state index in [1.165, 1.54) is 0 Å². The highest BCUT2D eigenvalue weighted by Crippen LogP contribution is 2.21. The van der Waals surface area contributed by atoms with Crippen LogP contribution in [-0.2, 0) is 0 Å². The molecule has 0 fully saturated rings. The Kier molecular flexibility index (Phi) is 3.14. The second-order valence-electron chi connectivity index (χ2n) is 4.44. The van der Waals surface area contributed by atoms with Gasteiger partial charge in [0.2, 0.25) is 0 Å². The van der Waals surface area contributed by atoms with Gasteiger partial charge < -0.3 is 4.98 Å². The Hall–Kier alpha value is -1.05. The molecule has 0 bridgehead atoms. The lowest BCUT2D eigenvalue weighted by atomic mass is 9.94. The van der Waals surface area contributed by atoms with E-state index in [0.29, 0.717) is 5.92 Å². The third kappa shape index (κ3) is 1.89. The molecule has 1 heterocycles. The quantitative estimate of drug-likeness (QED) is 0.769. The molecule has 0 atom stereocenters. The van der Waals surface area contributed by atoms with Crippen molar-refractivity contribution in [2.45, 2.75) is 46.5 Å². The van der Waals surface area contributed by atoms with Crippen LogP contribution >= 0.6 is 0 Å². The van der Waals surface area contributed by atoms with Crippen molar-refractivity contribution in [3.63, 3.8) is 0 Å². The molecule has 0 unspecified atom stereocenters. The summed E-state index contributed by atoms with van der Waals surface area (Å²) >= 11 is 0. The van der Waals surface area contributed by atoms with Gasteiger partial charge in [0.1, 0.15) is 0 Å². The minimum Gasteiger partial charge on any atom is -0.364 e. The molecule has 14 heavy (non-hydrogen) atoms. The average Bonchev–Trinajstić information content (AvgIpc) is 2.08. The van der Waals surface area contributed by atoms with E-state index in [-0.39, 0.29) is 11.3 Å². The molecular weight excluding hydrogens is 174 g/mol. The van der Waals surface area contributed by atoms with Crippen LogP contribution in [0.4, 0.5) is 0 Å². The lowest BCUT2D eigenvalue weighted by Gasteiger charge is -2.15. The highest BCUT2D eigenvalue weighted by Gasteiger charge is 2.14. The topological polar surface area (TPSA) is 32.9 Å². The van der Waals surface area contributed by atoms with Gasteiger partial charge in [-0.05, 0) is 18.8 Å². The van der Waals surface area contributed by atoms with E-state index in [2.05, 4.69) is 32.7 Å². The van der Waals surface area contributed by atoms with Crippen LogP contribution in [0, 0.1) is 6.92 Å². The maximum atomic E-state index is 11.9. The van der Waals surface area contributed by atoms with Gasteiger partial charge in [-0.15, -0.1) is 0 Å². The van der Waals surface area contributed by atoms with Gasteiger partial charge in [-0.1, -0.05) is 27.7 Å². The Bertz CT molecular complexity index is 374. The van der Waals surface area contributed by atoms with Crippen molar-refractivity contribution >= 4 is 0 Å². The zero-order valence-corrected chi connectivity index (χ0v) is 9.64. The molecule has 0 saturated heterocycles. The average molecular weight is 193 g/mol. The summed E-state index contributed by atoms with van der Waals surface area (Å²) in [5.74, 6) is 0.664. The number of nitrogens with one attached hydrogen (secondary N) is 1. The largest absolute Gasteiger partial charge is 0.364 e. The van der Waals surface area contributed by atoms with Crippen LogP contribution in [0.1, 0.15) is 56.4 Å². The van der Waals surface area contributed by atoms with Crippen LogP contribution in [0.15, 0.2) is 11.0 Å². The predicted octanol–water partition coefficient (Wildman–Crippen LogP) is 2.93. The molecule has 1 rings (SSSR count). The summed E-state index contributed by atoms with van der Waals surface area (Å²) < 4.78 is 0. The zero-order valence-electron chi connectivity index (χ0n) is 9.64. The predicted molar refractivity (Wildman–Crippen MR) is 60.0 cm³/mol. The summed E-state index contributed by atoms with van der Waals surface area (Å²) in [6.45, 7) is 10.2. The Morgan fingerprint density at radius 3 is 2.14 bits per heavy atom. The van der Waals surface area contributed by atoms with Gasteiger partial charge in [-0.25, -0.2) is 0 Å². The molecule has 2 heteroatoms. The number of aryl methyl sites for hydroxylation is 1. The van der Waals surface area contributed by atoms with Gasteiger partial charge in [-0.2, -0.15) is 0 Å². The van der Waals surface area contributed by atoms with Gasteiger partial charge >= 0.3 is 0 Å². The number of H-pyrrole nitrogens is 1. The summed E-state index contributed by atoms with van der Waals surface area (Å²) in [7, 11) is 0. The minimum absolute atomic E-state index is 0.197. The molecule has 0 aliphatic carbocycles. The molecule has 0 spiro atoms. The van der Waals surface area contributed by atoms with Crippen molar-refractivity contribution < 1.29 is 0 Å². The van der Waals surface area contributed by atoms with Crippen LogP contribution in [0.5, 0.6) is 0 Å². The third-order valence-electron chi connectivity index (χ3n) is 2.49. The summed E-state index contributed by atoms with van der Waals surface area (Å²) in [4.78, 5) is 15.1. The molecule has 1 N–H and O–H groups in total. The lowest BCUT2D eigenvalue weighted by Crippen LogP contribution is -2.18. The van der Waals surface area contributed by atoms with Crippen molar-refractivity contribution in [2.24, 2.45) is 0 Å². The summed E-state index contributed by atoms with van der Waals surface area (Å²) in [6, 6.07) is 0. The molecule has 78 valence electrons. The number of aromatic amines is 1. The van der Waals surface area contributed by atoms with E-state index < -0.39 is 0 Å². The molecule has 1 aromatic rings. The molecule has 1 aromatic heterocycles. The fraction of sp³-hybridized carbons (Fsp3) is 0.583. The number of pyridine rings is 1. The van der Waals surface area contributed by atoms with Crippen molar-refractivity contribution in [3.8, 4) is 0 Å². The molecule has 0 radical (unpaired) electrons. The first-order valence-electron chi connectivity index (χ1n) is 5.17. The number of aromatic nitrogens is 1. The van der Waals surface area contributed by atoms with Crippen molar-refractivity contribution in [2.75, 3.05) is 0 Å². The minimum atomic E-state index is 0.197. The standard InChI is InChI=1S/C12H19NO/c1-7(2)10-11(8(3)4)13-6-9(5)12(10)14/h6-8H,1-5H3,(H,13,14). The van der Waals surface area contributed by atoms with E-state index in [0.717, 1.165) is 16.8 Å². The fourth-order valence-electron chi connectivity index (χ4n) is 1.71. The second kappa shape index (κ2) is 3.99. The Balaban J connectivity index is 3.46. The van der Waals surface area contributed by atoms with Crippen LogP contribution < -0.4 is 5.43 Å². The van der Waals surface area contributed by atoms with Crippen LogP contribution in [-0.4, -0.2) is 4.98 Å². The molecule has 0 aliphatic heterocycles. The highest BCUT2D eigenvalue weighted by atomic mass is 16.1. The first-order valence-corrected chi connectivity index (χ1v) is 5.17. The SMILES string of the molecule is Cc1c[nH]c(C(C)C)c(C(C)C)c1=O. The van der Waals surface area contributed by atoms with Crippen molar-refractivity contribution in [1.29, 1.82) is 0 Å². The van der Waals surface area contributed by atoms with Gasteiger partial charge in [0.05, 0.1) is 0 Å². The summed E-state index contributed by atoms with van der Waals surface area (Å²) in [5, 5.41) is 0. The Morgan fingerprint density at radius 1 is 1.14 bits per heavy atom. The molecule has 0 aromatic carbocycles. The Morgan fingerprint density at radius 2 is 1.71 bits per heavy atom. The monoisotopic (exact) mass is 193 g/mol. The second-order valence-corrected chi connectivity index (χ2v) is 4.44. The van der Waals surface area contributed by atoms with Gasteiger partial charge in [0, 0.05) is 23.0 Å². The fourth-order valence-corrected chi connectivity index (χ4v) is 1.71. The first-order chi connectivity index (χ1) is 6.45. The number of rotatable bonds is 2. The van der Waals surface area contributed by atoms with E-state index in [4.69, 9.17) is 0 Å². The lowest BCUT2D eigenvalue weighted by molar-refractivity contribution is 0.748. The van der Waals surface area contributed by atoms with Gasteiger partial charge in [0.15, 0.2) is 5.43 Å². The highest BCUT2D eigenvalue weighted by molar-refractivity contribution is 5.29. The summed E-state index contributed by atoms with van der Waals surface area (Å²) in [6.07, 6.45) is 1.81. The van der Waals surface area contributed by atoms with Crippen LogP contribution in [0.2, 0.25) is 0 Å². The van der Waals surface area contributed by atoms with E-state index in [1.807, 2.05) is 13.1 Å². The smallest absolute Gasteiger partial charge is 0.188 e. The van der Waals surface area contributed by atoms with Gasteiger partial charge in [-0.3, -0.25) is 4.79 Å².